The van der Waals surface area contributed by atoms with Gasteiger partial charge in [-0.1, -0.05) is 6.92 Å². The highest BCUT2D eigenvalue weighted by atomic mass is 32.1. The van der Waals surface area contributed by atoms with Crippen molar-refractivity contribution in [2.24, 2.45) is 0 Å². The molecule has 0 saturated heterocycles. The van der Waals surface area contributed by atoms with Crippen LogP contribution in [0.4, 0.5) is 0 Å². The molecule has 0 bridgehead atoms. The molecule has 5 nitrogen and oxygen atoms in total. The van der Waals surface area contributed by atoms with Crippen LogP contribution >= 0.6 is 11.5 Å². The Labute approximate surface area is 130 Å². The molecule has 1 aliphatic carbocycles. The molecule has 1 aliphatic rings. The lowest BCUT2D eigenvalue weighted by Gasteiger charge is -2.05. The fraction of sp³-hybridized carbons (Fsp3) is 0.312. The molecule has 1 aromatic carbocycles. The van der Waals surface area contributed by atoms with Gasteiger partial charge in [0.15, 0.2) is 0 Å². The minimum Gasteiger partial charge on any atom is -0.430 e. The molecular weight excluding hydrogens is 300 g/mol. The van der Waals surface area contributed by atoms with Gasteiger partial charge in [-0.05, 0) is 37.0 Å². The second-order valence-electron chi connectivity index (χ2n) is 5.40. The Bertz CT molecular complexity index is 896. The van der Waals surface area contributed by atoms with Gasteiger partial charge in [0.2, 0.25) is 0 Å². The molecule has 0 aliphatic heterocycles. The number of fused-ring (bicyclic) bond motifs is 1. The number of ether oxygens (including phenoxy) is 1. The van der Waals surface area contributed by atoms with Gasteiger partial charge in [-0.3, -0.25) is 0 Å². The smallest absolute Gasteiger partial charge is 0.336 e. The number of aryl methyl sites for hydroxylation is 1. The van der Waals surface area contributed by atoms with Gasteiger partial charge in [-0.2, -0.15) is 9.36 Å². The van der Waals surface area contributed by atoms with Gasteiger partial charge in [-0.15, -0.1) is 0 Å². The number of hydrogen-bond acceptors (Lipinski definition) is 6. The number of nitrogens with zero attached hydrogens (tertiary/aromatic N) is 2. The highest BCUT2D eigenvalue weighted by Crippen LogP contribution is 2.40. The topological polar surface area (TPSA) is 65.2 Å². The molecule has 112 valence electrons. The molecule has 2 heterocycles. The first kappa shape index (κ1) is 13.5. The summed E-state index contributed by atoms with van der Waals surface area (Å²) in [4.78, 5) is 16.0. The van der Waals surface area contributed by atoms with Crippen molar-refractivity contribution in [2.75, 3.05) is 0 Å². The van der Waals surface area contributed by atoms with Crippen molar-refractivity contribution in [3.8, 4) is 10.9 Å². The van der Waals surface area contributed by atoms with E-state index in [-0.39, 0.29) is 5.63 Å². The van der Waals surface area contributed by atoms with Gasteiger partial charge < -0.3 is 9.15 Å². The van der Waals surface area contributed by atoms with E-state index in [1.54, 1.807) is 6.07 Å². The van der Waals surface area contributed by atoms with Gasteiger partial charge in [0.25, 0.3) is 5.19 Å². The summed E-state index contributed by atoms with van der Waals surface area (Å²) in [7, 11) is 0. The summed E-state index contributed by atoms with van der Waals surface area (Å²) in [5.74, 6) is 1.98. The summed E-state index contributed by atoms with van der Waals surface area (Å²) < 4.78 is 15.3. The molecule has 6 heteroatoms. The van der Waals surface area contributed by atoms with Crippen LogP contribution in [0.2, 0.25) is 0 Å². The maximum Gasteiger partial charge on any atom is 0.336 e. The van der Waals surface area contributed by atoms with Crippen LogP contribution in [-0.4, -0.2) is 9.36 Å². The molecular formula is C16H14N2O3S. The van der Waals surface area contributed by atoms with Crippen molar-refractivity contribution >= 4 is 22.5 Å². The molecule has 4 rings (SSSR count). The molecule has 0 atom stereocenters. The third kappa shape index (κ3) is 2.50. The summed E-state index contributed by atoms with van der Waals surface area (Å²) in [6.07, 6.45) is 3.11. The summed E-state index contributed by atoms with van der Waals surface area (Å²) in [5.41, 5.74) is 1.17. The van der Waals surface area contributed by atoms with Crippen LogP contribution in [0.3, 0.4) is 0 Å². The predicted octanol–water partition coefficient (Wildman–Crippen LogP) is 3.88. The Morgan fingerprint density at radius 3 is 3.00 bits per heavy atom. The van der Waals surface area contributed by atoms with E-state index in [4.69, 9.17) is 9.15 Å². The number of rotatable bonds is 4. The summed E-state index contributed by atoms with van der Waals surface area (Å²) >= 11 is 1.25. The van der Waals surface area contributed by atoms with Crippen molar-refractivity contribution < 1.29 is 9.15 Å². The Kier molecular flexibility index (Phi) is 3.18. The SMILES string of the molecule is CCc1cc(=O)oc2cc(Oc3nc(C4CC4)ns3)ccc12. The van der Waals surface area contributed by atoms with Crippen molar-refractivity contribution in [1.82, 2.24) is 9.36 Å². The first-order chi connectivity index (χ1) is 10.7. The van der Waals surface area contributed by atoms with E-state index < -0.39 is 0 Å². The van der Waals surface area contributed by atoms with Gasteiger partial charge >= 0.3 is 5.63 Å². The van der Waals surface area contributed by atoms with E-state index in [1.807, 2.05) is 19.1 Å². The molecule has 0 radical (unpaired) electrons. The van der Waals surface area contributed by atoms with Crippen molar-refractivity contribution in [3.05, 3.63) is 46.1 Å². The molecule has 0 N–H and O–H groups in total. The molecule has 0 amide bonds. The first-order valence-corrected chi connectivity index (χ1v) is 8.08. The molecule has 3 aromatic rings. The second kappa shape index (κ2) is 5.21. The Morgan fingerprint density at radius 2 is 2.23 bits per heavy atom. The van der Waals surface area contributed by atoms with Gasteiger partial charge in [0.1, 0.15) is 17.2 Å². The minimum absolute atomic E-state index is 0.339. The van der Waals surface area contributed by atoms with Crippen molar-refractivity contribution in [1.29, 1.82) is 0 Å². The average molecular weight is 314 g/mol. The van der Waals surface area contributed by atoms with Crippen LogP contribution in [0.15, 0.2) is 33.5 Å². The van der Waals surface area contributed by atoms with E-state index in [1.165, 1.54) is 17.6 Å². The van der Waals surface area contributed by atoms with E-state index in [9.17, 15) is 4.79 Å². The average Bonchev–Trinajstić information content (AvgIpc) is 3.26. The Balaban J connectivity index is 1.67. The zero-order valence-electron chi connectivity index (χ0n) is 12.0. The molecule has 2 aromatic heterocycles. The zero-order chi connectivity index (χ0) is 15.1. The lowest BCUT2D eigenvalue weighted by Crippen LogP contribution is -1.99. The second-order valence-corrected chi connectivity index (χ2v) is 6.11. The first-order valence-electron chi connectivity index (χ1n) is 7.31. The van der Waals surface area contributed by atoms with Crippen LogP contribution in [0, 0.1) is 0 Å². The van der Waals surface area contributed by atoms with Crippen LogP contribution in [0.1, 0.15) is 37.1 Å². The molecule has 0 spiro atoms. The normalized spacial score (nSPS) is 14.4. The van der Waals surface area contributed by atoms with Gasteiger partial charge in [0, 0.05) is 35.0 Å². The molecule has 22 heavy (non-hydrogen) atoms. The van der Waals surface area contributed by atoms with E-state index >= 15 is 0 Å². The summed E-state index contributed by atoms with van der Waals surface area (Å²) in [6, 6.07) is 7.04. The van der Waals surface area contributed by atoms with Gasteiger partial charge in [0.05, 0.1) is 0 Å². The van der Waals surface area contributed by atoms with Crippen LogP contribution in [-0.2, 0) is 6.42 Å². The zero-order valence-corrected chi connectivity index (χ0v) is 12.9. The van der Waals surface area contributed by atoms with E-state index in [2.05, 4.69) is 9.36 Å². The maximum absolute atomic E-state index is 11.6. The number of benzene rings is 1. The van der Waals surface area contributed by atoms with Crippen molar-refractivity contribution in [2.45, 2.75) is 32.1 Å². The highest BCUT2D eigenvalue weighted by molar-refractivity contribution is 7.07. The van der Waals surface area contributed by atoms with Crippen LogP contribution < -0.4 is 10.4 Å². The Morgan fingerprint density at radius 1 is 1.36 bits per heavy atom. The number of aromatic nitrogens is 2. The third-order valence-corrected chi connectivity index (χ3v) is 4.36. The molecule has 1 fully saturated rings. The fourth-order valence-electron chi connectivity index (χ4n) is 2.44. The minimum atomic E-state index is -0.339. The maximum atomic E-state index is 11.6. The van der Waals surface area contributed by atoms with E-state index in [0.29, 0.717) is 22.4 Å². The van der Waals surface area contributed by atoms with Gasteiger partial charge in [-0.25, -0.2) is 4.79 Å². The molecule has 0 unspecified atom stereocenters. The fourth-order valence-corrected chi connectivity index (χ4v) is 3.07. The van der Waals surface area contributed by atoms with Crippen molar-refractivity contribution in [3.63, 3.8) is 0 Å². The monoisotopic (exact) mass is 314 g/mol. The van der Waals surface area contributed by atoms with Crippen LogP contribution in [0.25, 0.3) is 11.0 Å². The Hall–Kier alpha value is -2.21. The van der Waals surface area contributed by atoms with E-state index in [0.717, 1.165) is 36.0 Å². The number of hydrogen-bond donors (Lipinski definition) is 0. The van der Waals surface area contributed by atoms with Crippen LogP contribution in [0.5, 0.6) is 10.9 Å². The quantitative estimate of drug-likeness (QED) is 0.684. The summed E-state index contributed by atoms with van der Waals surface area (Å²) in [5, 5.41) is 1.46. The summed E-state index contributed by atoms with van der Waals surface area (Å²) in [6.45, 7) is 2.01. The highest BCUT2D eigenvalue weighted by Gasteiger charge is 2.28. The largest absolute Gasteiger partial charge is 0.430 e. The standard InChI is InChI=1S/C16H14N2O3S/c1-2-9-7-14(19)21-13-8-11(5-6-12(9)13)20-16-17-15(18-22-16)10-3-4-10/h5-8,10H,2-4H2,1H3. The lowest BCUT2D eigenvalue weighted by molar-refractivity contribution is 0.475. The molecule has 1 saturated carbocycles. The predicted molar refractivity (Wildman–Crippen MR) is 83.8 cm³/mol. The third-order valence-electron chi connectivity index (χ3n) is 3.75. The lowest BCUT2D eigenvalue weighted by atomic mass is 10.1.